The van der Waals surface area contributed by atoms with E-state index in [-0.39, 0.29) is 11.5 Å². The minimum Gasteiger partial charge on any atom is -0.465 e. The van der Waals surface area contributed by atoms with Gasteiger partial charge in [-0.2, -0.15) is 0 Å². The standard InChI is InChI=1S/C24H18BrNO3/c1-15-22(24(28)29-2)20(14-16-7-5-10-18(25)13-16)23(27)26(15)21-12-6-9-17-8-3-4-11-19(17)21/h3-14H,1-2H3/b20-14-. The second kappa shape index (κ2) is 7.68. The summed E-state index contributed by atoms with van der Waals surface area (Å²) in [6.45, 7) is 1.77. The Hall–Kier alpha value is -3.18. The Morgan fingerprint density at radius 3 is 2.52 bits per heavy atom. The first-order chi connectivity index (χ1) is 14.0. The normalized spacial score (nSPS) is 15.5. The molecule has 144 valence electrons. The third-order valence-electron chi connectivity index (χ3n) is 4.96. The molecule has 1 heterocycles. The summed E-state index contributed by atoms with van der Waals surface area (Å²) in [7, 11) is 1.32. The minimum absolute atomic E-state index is 0.251. The van der Waals surface area contributed by atoms with E-state index < -0.39 is 5.97 Å². The summed E-state index contributed by atoms with van der Waals surface area (Å²) >= 11 is 3.44. The van der Waals surface area contributed by atoms with Crippen molar-refractivity contribution in [2.45, 2.75) is 6.92 Å². The van der Waals surface area contributed by atoms with E-state index in [0.29, 0.717) is 11.3 Å². The van der Waals surface area contributed by atoms with Crippen molar-refractivity contribution in [1.29, 1.82) is 0 Å². The maximum Gasteiger partial charge on any atom is 0.340 e. The Morgan fingerprint density at radius 1 is 1.03 bits per heavy atom. The summed E-state index contributed by atoms with van der Waals surface area (Å²) in [5, 5.41) is 1.96. The highest BCUT2D eigenvalue weighted by Gasteiger charge is 2.38. The fraction of sp³-hybridized carbons (Fsp3) is 0.0833. The minimum atomic E-state index is -0.528. The molecule has 1 aliphatic rings. The van der Waals surface area contributed by atoms with Crippen LogP contribution < -0.4 is 4.90 Å². The molecule has 3 aromatic carbocycles. The highest BCUT2D eigenvalue weighted by Crippen LogP contribution is 2.38. The van der Waals surface area contributed by atoms with Gasteiger partial charge < -0.3 is 4.74 Å². The van der Waals surface area contributed by atoms with E-state index in [0.717, 1.165) is 26.5 Å². The van der Waals surface area contributed by atoms with Crippen LogP contribution >= 0.6 is 15.9 Å². The molecule has 4 nitrogen and oxygen atoms in total. The highest BCUT2D eigenvalue weighted by molar-refractivity contribution is 9.10. The van der Waals surface area contributed by atoms with Gasteiger partial charge in [0, 0.05) is 15.6 Å². The lowest BCUT2D eigenvalue weighted by atomic mass is 10.0. The molecule has 1 amide bonds. The topological polar surface area (TPSA) is 46.6 Å². The lowest BCUT2D eigenvalue weighted by Gasteiger charge is -2.20. The largest absolute Gasteiger partial charge is 0.465 e. The van der Waals surface area contributed by atoms with Crippen LogP contribution in [-0.2, 0) is 14.3 Å². The van der Waals surface area contributed by atoms with Gasteiger partial charge in [0.1, 0.15) is 0 Å². The predicted molar refractivity (Wildman–Crippen MR) is 118 cm³/mol. The summed E-state index contributed by atoms with van der Waals surface area (Å²) in [6.07, 6.45) is 1.73. The van der Waals surface area contributed by atoms with Gasteiger partial charge in [-0.25, -0.2) is 4.79 Å². The lowest BCUT2D eigenvalue weighted by Crippen LogP contribution is -2.24. The van der Waals surface area contributed by atoms with Gasteiger partial charge in [0.25, 0.3) is 5.91 Å². The van der Waals surface area contributed by atoms with E-state index in [4.69, 9.17) is 4.74 Å². The van der Waals surface area contributed by atoms with Crippen molar-refractivity contribution in [2.24, 2.45) is 0 Å². The van der Waals surface area contributed by atoms with Gasteiger partial charge in [-0.3, -0.25) is 9.69 Å². The Balaban J connectivity index is 1.92. The molecule has 1 aliphatic heterocycles. The van der Waals surface area contributed by atoms with Crippen LogP contribution in [0.5, 0.6) is 0 Å². The molecule has 0 aliphatic carbocycles. The van der Waals surface area contributed by atoms with Gasteiger partial charge in [-0.1, -0.05) is 64.5 Å². The molecule has 0 saturated carbocycles. The summed E-state index contributed by atoms with van der Waals surface area (Å²) in [5.41, 5.74) is 2.71. The molecule has 0 saturated heterocycles. The maximum atomic E-state index is 13.5. The fourth-order valence-electron chi connectivity index (χ4n) is 3.64. The van der Waals surface area contributed by atoms with E-state index in [9.17, 15) is 9.59 Å². The molecular weight excluding hydrogens is 430 g/mol. The predicted octanol–water partition coefficient (Wildman–Crippen LogP) is 5.48. The summed E-state index contributed by atoms with van der Waals surface area (Å²) in [6, 6.07) is 21.2. The number of carbonyl (C=O) groups excluding carboxylic acids is 2. The second-order valence-electron chi connectivity index (χ2n) is 6.70. The van der Waals surface area contributed by atoms with Gasteiger partial charge in [0.2, 0.25) is 0 Å². The van der Waals surface area contributed by atoms with Crippen molar-refractivity contribution in [3.05, 3.63) is 93.6 Å². The smallest absolute Gasteiger partial charge is 0.340 e. The lowest BCUT2D eigenvalue weighted by molar-refractivity contribution is -0.136. The first-order valence-corrected chi connectivity index (χ1v) is 9.89. The molecule has 0 N–H and O–H groups in total. The number of anilines is 1. The summed E-state index contributed by atoms with van der Waals surface area (Å²) in [5.74, 6) is -0.779. The number of amides is 1. The molecule has 29 heavy (non-hydrogen) atoms. The van der Waals surface area contributed by atoms with Crippen molar-refractivity contribution < 1.29 is 14.3 Å². The maximum absolute atomic E-state index is 13.5. The Kier molecular flexibility index (Phi) is 5.07. The molecule has 0 bridgehead atoms. The average Bonchev–Trinajstić information content (AvgIpc) is 2.96. The number of carbonyl (C=O) groups is 2. The van der Waals surface area contributed by atoms with Crippen LogP contribution in [0.4, 0.5) is 5.69 Å². The van der Waals surface area contributed by atoms with Gasteiger partial charge in [0.05, 0.1) is 23.9 Å². The van der Waals surface area contributed by atoms with Crippen LogP contribution in [0.2, 0.25) is 0 Å². The first-order valence-electron chi connectivity index (χ1n) is 9.10. The van der Waals surface area contributed by atoms with Gasteiger partial charge in [-0.15, -0.1) is 0 Å². The van der Waals surface area contributed by atoms with Crippen LogP contribution in [0, 0.1) is 0 Å². The SMILES string of the molecule is COC(=O)C1=C(C)N(c2cccc3ccccc23)C(=O)/C1=C\c1cccc(Br)c1. The van der Waals surface area contributed by atoms with Crippen molar-refractivity contribution in [2.75, 3.05) is 12.0 Å². The first kappa shape index (κ1) is 19.2. The quantitative estimate of drug-likeness (QED) is 0.394. The van der Waals surface area contributed by atoms with E-state index >= 15 is 0 Å². The second-order valence-corrected chi connectivity index (χ2v) is 7.62. The number of nitrogens with zero attached hydrogens (tertiary/aromatic N) is 1. The molecule has 4 rings (SSSR count). The Morgan fingerprint density at radius 2 is 1.76 bits per heavy atom. The number of hydrogen-bond donors (Lipinski definition) is 0. The Labute approximate surface area is 177 Å². The molecule has 5 heteroatoms. The van der Waals surface area contributed by atoms with Crippen LogP contribution in [0.1, 0.15) is 12.5 Å². The molecule has 0 aromatic heterocycles. The zero-order chi connectivity index (χ0) is 20.5. The van der Waals surface area contributed by atoms with Crippen molar-refractivity contribution >= 4 is 50.3 Å². The highest BCUT2D eigenvalue weighted by atomic mass is 79.9. The third-order valence-corrected chi connectivity index (χ3v) is 5.45. The number of hydrogen-bond acceptors (Lipinski definition) is 3. The van der Waals surface area contributed by atoms with Crippen LogP contribution in [0.25, 0.3) is 16.8 Å². The molecule has 3 aromatic rings. The number of allylic oxidation sites excluding steroid dienone is 1. The summed E-state index contributed by atoms with van der Waals surface area (Å²) < 4.78 is 5.88. The van der Waals surface area contributed by atoms with E-state index in [1.54, 1.807) is 17.9 Å². The van der Waals surface area contributed by atoms with Crippen LogP contribution in [0.3, 0.4) is 0 Å². The molecule has 0 fully saturated rings. The van der Waals surface area contributed by atoms with Crippen molar-refractivity contribution in [3.8, 4) is 0 Å². The average molecular weight is 448 g/mol. The van der Waals surface area contributed by atoms with E-state index in [1.165, 1.54) is 7.11 Å². The number of benzene rings is 3. The molecule has 0 atom stereocenters. The molecule has 0 unspecified atom stereocenters. The number of halogens is 1. The molecular formula is C24H18BrNO3. The monoisotopic (exact) mass is 447 g/mol. The van der Waals surface area contributed by atoms with Crippen LogP contribution in [-0.4, -0.2) is 19.0 Å². The molecule has 0 spiro atoms. The molecule has 0 radical (unpaired) electrons. The van der Waals surface area contributed by atoms with Crippen molar-refractivity contribution in [1.82, 2.24) is 0 Å². The Bertz CT molecular complexity index is 1200. The van der Waals surface area contributed by atoms with Gasteiger partial charge in [0.15, 0.2) is 0 Å². The van der Waals surface area contributed by atoms with Crippen molar-refractivity contribution in [3.63, 3.8) is 0 Å². The van der Waals surface area contributed by atoms with E-state index in [1.807, 2.05) is 66.7 Å². The zero-order valence-corrected chi connectivity index (χ0v) is 17.6. The van der Waals surface area contributed by atoms with Crippen LogP contribution in [0.15, 0.2) is 88.0 Å². The number of fused-ring (bicyclic) bond motifs is 1. The van der Waals surface area contributed by atoms with Gasteiger partial charge >= 0.3 is 5.97 Å². The fourth-order valence-corrected chi connectivity index (χ4v) is 4.05. The number of rotatable bonds is 3. The third kappa shape index (κ3) is 3.38. The van der Waals surface area contributed by atoms with Gasteiger partial charge in [-0.05, 0) is 42.1 Å². The van der Waals surface area contributed by atoms with E-state index in [2.05, 4.69) is 15.9 Å². The summed E-state index contributed by atoms with van der Waals surface area (Å²) in [4.78, 5) is 27.6. The number of methoxy groups -OCH3 is 1. The zero-order valence-electron chi connectivity index (χ0n) is 16.0. The number of esters is 1. The number of ether oxygens (including phenoxy) is 1.